The normalized spacial score (nSPS) is 18.9. The molecule has 0 aromatic carbocycles. The average Bonchev–Trinajstić information content (AvgIpc) is 3.62. The summed E-state index contributed by atoms with van der Waals surface area (Å²) in [6, 6.07) is -1.08. The highest BCUT2D eigenvalue weighted by atomic mass is 32.2. The Morgan fingerprint density at radius 1 is 1.38 bits per heavy atom. The highest BCUT2D eigenvalue weighted by molar-refractivity contribution is 8.00. The number of carbonyl (C=O) groups is 4. The molecule has 6 N–H and O–H groups in total. The van der Waals surface area contributed by atoms with Gasteiger partial charge >= 0.3 is 12.1 Å². The lowest BCUT2D eigenvalue weighted by atomic mass is 10.0. The third-order valence-corrected chi connectivity index (χ3v) is 8.56. The van der Waals surface area contributed by atoms with Gasteiger partial charge in [0.1, 0.15) is 29.9 Å². The fourth-order valence-electron chi connectivity index (χ4n) is 4.10. The van der Waals surface area contributed by atoms with Gasteiger partial charge < -0.3 is 31.5 Å². The Bertz CT molecular complexity index is 1580. The van der Waals surface area contributed by atoms with Gasteiger partial charge in [-0.3, -0.25) is 14.5 Å². The maximum Gasteiger partial charge on any atom is 0.404 e. The zero-order valence-corrected chi connectivity index (χ0v) is 22.5. The number of halogens is 1. The quantitative estimate of drug-likeness (QED) is 0.0980. The minimum Gasteiger partial charge on any atom is -0.477 e. The van der Waals surface area contributed by atoms with Crippen molar-refractivity contribution in [3.63, 3.8) is 0 Å². The molecular formula is C20H19FN9O7S3+. The zero-order valence-electron chi connectivity index (χ0n) is 20.1. The monoisotopic (exact) mass is 612 g/mol. The molecule has 2 atom stereocenters. The van der Waals surface area contributed by atoms with E-state index < -0.39 is 47.9 Å². The van der Waals surface area contributed by atoms with E-state index in [1.54, 1.807) is 26.9 Å². The number of ether oxygens (including phenoxy) is 1. The number of alkyl halides is 1. The molecule has 1 fully saturated rings. The van der Waals surface area contributed by atoms with E-state index >= 15 is 0 Å². The van der Waals surface area contributed by atoms with Crippen molar-refractivity contribution in [2.45, 2.75) is 24.6 Å². The van der Waals surface area contributed by atoms with Gasteiger partial charge in [0.05, 0.1) is 0 Å². The number of thiazole rings is 1. The minimum absolute atomic E-state index is 0.0295. The van der Waals surface area contributed by atoms with Crippen LogP contribution in [0.3, 0.4) is 0 Å². The van der Waals surface area contributed by atoms with Gasteiger partial charge in [-0.1, -0.05) is 16.5 Å². The molecule has 40 heavy (non-hydrogen) atoms. The van der Waals surface area contributed by atoms with E-state index in [9.17, 15) is 28.7 Å². The number of β-lactam (4-membered cyclic amide) rings is 1. The average molecular weight is 613 g/mol. The fraction of sp³-hybridized carbons (Fsp3) is 0.300. The van der Waals surface area contributed by atoms with E-state index in [-0.39, 0.29) is 35.6 Å². The number of rotatable bonds is 10. The molecule has 0 bridgehead atoms. The Morgan fingerprint density at radius 3 is 2.85 bits per heavy atom. The number of fused-ring (bicyclic) bond motifs is 2. The third kappa shape index (κ3) is 5.14. The largest absolute Gasteiger partial charge is 0.477 e. The molecule has 0 saturated carbocycles. The topological polar surface area (TPSA) is 221 Å². The number of nitrogens with zero attached hydrogens (tertiary/aromatic N) is 6. The van der Waals surface area contributed by atoms with Gasteiger partial charge in [-0.2, -0.15) is 13.8 Å². The number of nitrogen functional groups attached to an aromatic ring is 1. The molecule has 5 heterocycles. The number of aliphatic carboxylic acids is 1. The summed E-state index contributed by atoms with van der Waals surface area (Å²) in [5.74, 6) is -2.82. The summed E-state index contributed by atoms with van der Waals surface area (Å²) in [7, 11) is 0. The van der Waals surface area contributed by atoms with Crippen LogP contribution in [0.1, 0.15) is 11.5 Å². The molecule has 0 unspecified atom stereocenters. The summed E-state index contributed by atoms with van der Waals surface area (Å²) in [5.41, 5.74) is 11.1. The summed E-state index contributed by atoms with van der Waals surface area (Å²) in [6.07, 6.45) is 2.61. The van der Waals surface area contributed by atoms with Crippen LogP contribution in [0.2, 0.25) is 0 Å². The second-order valence-corrected chi connectivity index (χ2v) is 11.0. The van der Waals surface area contributed by atoms with Crippen LogP contribution in [-0.4, -0.2) is 77.4 Å². The fourth-order valence-corrected chi connectivity index (χ4v) is 6.79. The molecule has 0 aliphatic carbocycles. The van der Waals surface area contributed by atoms with Gasteiger partial charge in [-0.25, -0.2) is 18.5 Å². The second-order valence-electron chi connectivity index (χ2n) is 8.21. The molecule has 20 heteroatoms. The first kappa shape index (κ1) is 27.3. The number of carbonyl (C=O) groups excluding carboxylic acids is 3. The molecule has 5 rings (SSSR count). The lowest BCUT2D eigenvalue weighted by molar-refractivity contribution is -0.687. The van der Waals surface area contributed by atoms with E-state index in [2.05, 4.69) is 24.7 Å². The predicted molar refractivity (Wildman–Crippen MR) is 137 cm³/mol. The maximum atomic E-state index is 13.1. The van der Waals surface area contributed by atoms with Crippen molar-refractivity contribution in [3.05, 3.63) is 40.7 Å². The van der Waals surface area contributed by atoms with Crippen LogP contribution in [0, 0.1) is 0 Å². The van der Waals surface area contributed by atoms with Crippen molar-refractivity contribution in [1.29, 1.82) is 0 Å². The van der Waals surface area contributed by atoms with E-state index in [1.807, 2.05) is 0 Å². The van der Waals surface area contributed by atoms with Crippen LogP contribution < -0.4 is 21.4 Å². The number of hydrogen-bond acceptors (Lipinski definition) is 13. The zero-order chi connectivity index (χ0) is 28.6. The van der Waals surface area contributed by atoms with Crippen LogP contribution in [0.4, 0.5) is 14.3 Å². The first-order valence-electron chi connectivity index (χ1n) is 11.1. The molecule has 210 valence electrons. The van der Waals surface area contributed by atoms with Gasteiger partial charge in [0.15, 0.2) is 17.4 Å². The van der Waals surface area contributed by atoms with Gasteiger partial charge in [0.2, 0.25) is 22.7 Å². The summed E-state index contributed by atoms with van der Waals surface area (Å²) in [4.78, 5) is 59.2. The molecule has 16 nitrogen and oxygen atoms in total. The first-order chi connectivity index (χ1) is 19.2. The van der Waals surface area contributed by atoms with Crippen molar-refractivity contribution < 1.29 is 42.8 Å². The smallest absolute Gasteiger partial charge is 0.404 e. The number of thioether (sulfide) groups is 1. The maximum absolute atomic E-state index is 13.1. The van der Waals surface area contributed by atoms with Crippen LogP contribution in [0.15, 0.2) is 34.3 Å². The standard InChI is InChI=1S/C20H18FN9O7S3/c21-6-37-26-11(14-25-19(22)40-27-14)15(31)24-12-16(32)30-13(18(33)34)8(4-39-17(12)30)1-28-2-10-29(7-28)9(5-38-10)3-36-20(23)35/h2,5,7,12,17H,1,3-4,6H2,(H5-,22,23,24,25,27,31,33,34,35)/p+1/b26-11-/t12-,17-/m1/s1. The summed E-state index contributed by atoms with van der Waals surface area (Å²) in [6.45, 7) is -1.18. The third-order valence-electron chi connectivity index (χ3n) is 5.75. The van der Waals surface area contributed by atoms with E-state index in [0.29, 0.717) is 11.3 Å². The number of carboxylic acid groups (broad SMARTS) is 1. The van der Waals surface area contributed by atoms with Crippen LogP contribution >= 0.6 is 34.6 Å². The highest BCUT2D eigenvalue weighted by Crippen LogP contribution is 2.40. The molecule has 1 saturated heterocycles. The van der Waals surface area contributed by atoms with Gasteiger partial charge in [-0.05, 0) is 0 Å². The van der Waals surface area contributed by atoms with Crippen molar-refractivity contribution in [2.24, 2.45) is 10.9 Å². The molecule has 3 amide bonds. The number of oxime groups is 1. The SMILES string of the molecule is NC(=O)OCc1csc2c[n+](CC3=C(C(=O)O)N4C(=O)[C@@H](NC(=O)/C(=N\OCF)c5nsc(N)n5)[C@H]4SC3)cn12. The molecule has 3 aromatic rings. The Hall–Kier alpha value is -4.30. The number of aromatic nitrogens is 4. The minimum atomic E-state index is -1.32. The van der Waals surface area contributed by atoms with Crippen LogP contribution in [-0.2, 0) is 37.1 Å². The number of amides is 3. The van der Waals surface area contributed by atoms with E-state index in [4.69, 9.17) is 16.2 Å². The van der Waals surface area contributed by atoms with Crippen molar-refractivity contribution >= 4 is 74.2 Å². The Kier molecular flexibility index (Phi) is 7.54. The van der Waals surface area contributed by atoms with Crippen molar-refractivity contribution in [3.8, 4) is 0 Å². The number of nitrogens with one attached hydrogen (secondary N) is 1. The Labute approximate surface area is 235 Å². The molecule has 2 aliphatic rings. The number of anilines is 1. The molecule has 0 radical (unpaired) electrons. The number of hydrogen-bond donors (Lipinski definition) is 4. The van der Waals surface area contributed by atoms with Gasteiger partial charge in [-0.15, -0.1) is 11.8 Å². The summed E-state index contributed by atoms with van der Waals surface area (Å²) < 4.78 is 24.8. The molecular weight excluding hydrogens is 593 g/mol. The summed E-state index contributed by atoms with van der Waals surface area (Å²) in [5, 5.41) is 17.0. The number of carboxylic acids is 1. The predicted octanol–water partition coefficient (Wildman–Crippen LogP) is -0.596. The van der Waals surface area contributed by atoms with Crippen molar-refractivity contribution in [1.82, 2.24) is 24.0 Å². The molecule has 0 spiro atoms. The Morgan fingerprint density at radius 2 is 2.17 bits per heavy atom. The highest BCUT2D eigenvalue weighted by Gasteiger charge is 2.54. The first-order valence-corrected chi connectivity index (χ1v) is 13.8. The molecule has 2 aliphatic heterocycles. The van der Waals surface area contributed by atoms with Gasteiger partial charge in [0, 0.05) is 28.2 Å². The Balaban J connectivity index is 1.33. The van der Waals surface area contributed by atoms with E-state index in [1.165, 1.54) is 23.1 Å². The van der Waals surface area contributed by atoms with Crippen molar-refractivity contribution in [2.75, 3.05) is 18.3 Å². The number of imidazole rings is 1. The van der Waals surface area contributed by atoms with Crippen LogP contribution in [0.25, 0.3) is 4.83 Å². The van der Waals surface area contributed by atoms with Crippen LogP contribution in [0.5, 0.6) is 0 Å². The lowest BCUT2D eigenvalue weighted by Crippen LogP contribution is -2.71. The number of nitrogens with two attached hydrogens (primary N) is 2. The molecule has 3 aromatic heterocycles. The summed E-state index contributed by atoms with van der Waals surface area (Å²) >= 11 is 3.44. The number of primary amides is 1. The van der Waals surface area contributed by atoms with E-state index in [0.717, 1.165) is 21.3 Å². The van der Waals surface area contributed by atoms with Gasteiger partial charge in [0.25, 0.3) is 18.7 Å². The second kappa shape index (κ2) is 11.1. The lowest BCUT2D eigenvalue weighted by Gasteiger charge is -2.49.